The van der Waals surface area contributed by atoms with E-state index in [0.29, 0.717) is 22.6 Å². The number of piperidine rings is 1. The summed E-state index contributed by atoms with van der Waals surface area (Å²) in [5.41, 5.74) is 4.21. The number of allylic oxidation sites excluding steroid dienone is 1. The van der Waals surface area contributed by atoms with Crippen LogP contribution in [-0.2, 0) is 16.1 Å². The minimum atomic E-state index is -0.604. The summed E-state index contributed by atoms with van der Waals surface area (Å²) < 4.78 is 20.1. The Morgan fingerprint density at radius 2 is 1.85 bits per heavy atom. The van der Waals surface area contributed by atoms with E-state index in [9.17, 15) is 9.18 Å². The Labute approximate surface area is 200 Å². The zero-order valence-corrected chi connectivity index (χ0v) is 19.9. The lowest BCUT2D eigenvalue weighted by atomic mass is 9.91. The number of benzene rings is 2. The van der Waals surface area contributed by atoms with Crippen LogP contribution in [0.2, 0.25) is 0 Å². The maximum Gasteiger partial charge on any atom is 0.260 e. The highest BCUT2D eigenvalue weighted by molar-refractivity contribution is 6.32. The normalized spacial score (nSPS) is 21.7. The smallest absolute Gasteiger partial charge is 0.260 e. The van der Waals surface area contributed by atoms with Gasteiger partial charge in [0.25, 0.3) is 5.91 Å². The summed E-state index contributed by atoms with van der Waals surface area (Å²) >= 11 is 0. The molecular formula is C28H32FN3O2. The van der Waals surface area contributed by atoms with Crippen LogP contribution < -0.4 is 10.6 Å². The maximum absolute atomic E-state index is 13.9. The molecule has 6 heteroatoms. The van der Waals surface area contributed by atoms with Crippen LogP contribution in [0.25, 0.3) is 11.1 Å². The van der Waals surface area contributed by atoms with Crippen molar-refractivity contribution in [2.24, 2.45) is 0 Å². The van der Waals surface area contributed by atoms with Crippen LogP contribution in [0, 0.1) is 5.82 Å². The van der Waals surface area contributed by atoms with Crippen molar-refractivity contribution in [2.45, 2.75) is 45.3 Å². The SMILES string of the molecule is CC1(C)O/C(=C2/C(=O)Nc3ccc(F)cc32)C=C1c1ccc(CNCCN2CCCCC2)cc1. The lowest BCUT2D eigenvalue weighted by Crippen LogP contribution is -2.35. The molecule has 3 aliphatic rings. The van der Waals surface area contributed by atoms with Gasteiger partial charge in [0.15, 0.2) is 0 Å². The maximum atomic E-state index is 13.9. The molecule has 2 aromatic rings. The first-order chi connectivity index (χ1) is 16.4. The monoisotopic (exact) mass is 461 g/mol. The van der Waals surface area contributed by atoms with Crippen LogP contribution in [0.3, 0.4) is 0 Å². The number of nitrogens with one attached hydrogen (secondary N) is 2. The highest BCUT2D eigenvalue weighted by atomic mass is 19.1. The second-order valence-electron chi connectivity index (χ2n) is 9.83. The second-order valence-corrected chi connectivity index (χ2v) is 9.83. The molecule has 0 radical (unpaired) electrons. The standard InChI is InChI=1S/C28H32FN3O2/c1-28(2)23(17-25(34-28)26-22-16-21(29)10-11-24(22)31-27(26)33)20-8-6-19(7-9-20)18-30-12-15-32-13-4-3-5-14-32/h6-11,16-17,30H,3-5,12-15,18H2,1-2H3,(H,31,33)/b26-25+. The molecule has 0 unspecified atom stereocenters. The van der Waals surface area contributed by atoms with Gasteiger partial charge in [-0.05, 0) is 75.2 Å². The van der Waals surface area contributed by atoms with Gasteiger partial charge in [0, 0.05) is 36.5 Å². The number of anilines is 1. The minimum Gasteiger partial charge on any atom is -0.482 e. The van der Waals surface area contributed by atoms with Crippen molar-refractivity contribution in [3.8, 4) is 0 Å². The first-order valence-electron chi connectivity index (χ1n) is 12.2. The lowest BCUT2D eigenvalue weighted by molar-refractivity contribution is -0.111. The van der Waals surface area contributed by atoms with E-state index in [1.807, 2.05) is 19.9 Å². The predicted octanol–water partition coefficient (Wildman–Crippen LogP) is 4.96. The molecule has 3 heterocycles. The Hall–Kier alpha value is -2.96. The summed E-state index contributed by atoms with van der Waals surface area (Å²) in [7, 11) is 0. The fourth-order valence-corrected chi connectivity index (χ4v) is 5.06. The van der Waals surface area contributed by atoms with Crippen LogP contribution >= 0.6 is 0 Å². The average Bonchev–Trinajstić information content (AvgIpc) is 3.32. The van der Waals surface area contributed by atoms with Gasteiger partial charge in [-0.2, -0.15) is 0 Å². The molecule has 5 rings (SSSR count). The summed E-state index contributed by atoms with van der Waals surface area (Å²) in [5, 5.41) is 6.36. The Kier molecular flexibility index (Phi) is 6.28. The highest BCUT2D eigenvalue weighted by Crippen LogP contribution is 2.44. The quantitative estimate of drug-likeness (QED) is 0.472. The third-order valence-electron chi connectivity index (χ3n) is 6.91. The first-order valence-corrected chi connectivity index (χ1v) is 12.2. The molecule has 3 aliphatic heterocycles. The Balaban J connectivity index is 1.30. The van der Waals surface area contributed by atoms with Gasteiger partial charge in [-0.15, -0.1) is 0 Å². The number of hydrogen-bond acceptors (Lipinski definition) is 4. The third kappa shape index (κ3) is 4.65. The molecule has 5 nitrogen and oxygen atoms in total. The molecule has 178 valence electrons. The van der Waals surface area contributed by atoms with E-state index in [0.717, 1.165) is 30.8 Å². The zero-order valence-electron chi connectivity index (χ0n) is 19.9. The molecule has 1 fully saturated rings. The minimum absolute atomic E-state index is 0.269. The van der Waals surface area contributed by atoms with Crippen molar-refractivity contribution in [2.75, 3.05) is 31.5 Å². The molecule has 0 bridgehead atoms. The van der Waals surface area contributed by atoms with Crippen LogP contribution in [-0.4, -0.2) is 42.6 Å². The fraction of sp³-hybridized carbons (Fsp3) is 0.393. The van der Waals surface area contributed by atoms with Crippen LogP contribution in [0.15, 0.2) is 54.3 Å². The summed E-state index contributed by atoms with van der Waals surface area (Å²) in [6, 6.07) is 12.8. The summed E-state index contributed by atoms with van der Waals surface area (Å²) in [5.74, 6) is -0.171. The fourth-order valence-electron chi connectivity index (χ4n) is 5.06. The zero-order chi connectivity index (χ0) is 23.7. The number of amides is 1. The molecule has 34 heavy (non-hydrogen) atoms. The Morgan fingerprint density at radius 1 is 1.09 bits per heavy atom. The van der Waals surface area contributed by atoms with E-state index < -0.39 is 5.60 Å². The molecule has 0 spiro atoms. The Morgan fingerprint density at radius 3 is 2.62 bits per heavy atom. The van der Waals surface area contributed by atoms with E-state index in [1.54, 1.807) is 6.07 Å². The van der Waals surface area contributed by atoms with Crippen LogP contribution in [0.1, 0.15) is 49.8 Å². The number of hydrogen-bond donors (Lipinski definition) is 2. The number of ether oxygens (including phenoxy) is 1. The number of carbonyl (C=O) groups is 1. The van der Waals surface area contributed by atoms with Crippen molar-refractivity contribution in [1.82, 2.24) is 10.2 Å². The molecule has 0 aliphatic carbocycles. The van der Waals surface area contributed by atoms with Crippen molar-refractivity contribution in [3.05, 3.63) is 76.8 Å². The van der Waals surface area contributed by atoms with Gasteiger partial charge in [-0.1, -0.05) is 30.7 Å². The van der Waals surface area contributed by atoms with E-state index in [2.05, 4.69) is 39.8 Å². The molecule has 2 N–H and O–H groups in total. The predicted molar refractivity (Wildman–Crippen MR) is 134 cm³/mol. The Bertz CT molecular complexity index is 1140. The number of nitrogens with zero attached hydrogens (tertiary/aromatic N) is 1. The van der Waals surface area contributed by atoms with Crippen LogP contribution in [0.4, 0.5) is 10.1 Å². The highest BCUT2D eigenvalue weighted by Gasteiger charge is 2.38. The summed E-state index contributed by atoms with van der Waals surface area (Å²) in [4.78, 5) is 15.2. The van der Waals surface area contributed by atoms with Gasteiger partial charge in [0.1, 0.15) is 17.2 Å². The van der Waals surface area contributed by atoms with Crippen molar-refractivity contribution in [3.63, 3.8) is 0 Å². The van der Waals surface area contributed by atoms with Gasteiger partial charge in [0.05, 0.1) is 5.57 Å². The molecule has 0 saturated carbocycles. The van der Waals surface area contributed by atoms with Gasteiger partial charge in [-0.25, -0.2) is 4.39 Å². The number of halogens is 1. The topological polar surface area (TPSA) is 53.6 Å². The average molecular weight is 462 g/mol. The van der Waals surface area contributed by atoms with E-state index >= 15 is 0 Å². The van der Waals surface area contributed by atoms with E-state index in [-0.39, 0.29) is 11.7 Å². The molecule has 1 amide bonds. The van der Waals surface area contributed by atoms with Crippen LogP contribution in [0.5, 0.6) is 0 Å². The van der Waals surface area contributed by atoms with Gasteiger partial charge in [0.2, 0.25) is 0 Å². The summed E-state index contributed by atoms with van der Waals surface area (Å²) in [6.07, 6.45) is 5.93. The summed E-state index contributed by atoms with van der Waals surface area (Å²) in [6.45, 7) is 9.37. The van der Waals surface area contributed by atoms with Gasteiger partial charge >= 0.3 is 0 Å². The third-order valence-corrected chi connectivity index (χ3v) is 6.91. The van der Waals surface area contributed by atoms with E-state index in [4.69, 9.17) is 4.74 Å². The molecule has 1 saturated heterocycles. The van der Waals surface area contributed by atoms with Crippen molar-refractivity contribution < 1.29 is 13.9 Å². The van der Waals surface area contributed by atoms with Gasteiger partial charge < -0.3 is 20.3 Å². The lowest BCUT2D eigenvalue weighted by Gasteiger charge is -2.26. The number of likely N-dealkylation sites (tertiary alicyclic amines) is 1. The van der Waals surface area contributed by atoms with Crippen molar-refractivity contribution >= 4 is 22.7 Å². The molecular weight excluding hydrogens is 429 g/mol. The number of carbonyl (C=O) groups excluding carboxylic acids is 1. The first kappa shape index (κ1) is 22.8. The molecule has 0 atom stereocenters. The molecule has 0 aromatic heterocycles. The molecule has 2 aromatic carbocycles. The van der Waals surface area contributed by atoms with E-state index in [1.165, 1.54) is 50.0 Å². The van der Waals surface area contributed by atoms with Gasteiger partial charge in [-0.3, -0.25) is 4.79 Å². The van der Waals surface area contributed by atoms with Crippen molar-refractivity contribution in [1.29, 1.82) is 0 Å². The number of fused-ring (bicyclic) bond motifs is 1. The number of rotatable bonds is 6. The second kappa shape index (κ2) is 9.35. The largest absolute Gasteiger partial charge is 0.482 e.